The van der Waals surface area contributed by atoms with Gasteiger partial charge < -0.3 is 20.5 Å². The predicted octanol–water partition coefficient (Wildman–Crippen LogP) is 4.43. The van der Waals surface area contributed by atoms with Gasteiger partial charge in [-0.05, 0) is 30.3 Å². The third-order valence-corrected chi connectivity index (χ3v) is 4.57. The first-order valence-electron chi connectivity index (χ1n) is 10.3. The van der Waals surface area contributed by atoms with Gasteiger partial charge in [-0.15, -0.1) is 0 Å². The van der Waals surface area contributed by atoms with Gasteiger partial charge in [-0.3, -0.25) is 10.1 Å². The SMILES string of the molecule is COc1cc(/C=N\Nc2nc(Nc3ccccc3)nc(Nc3ccccc3)n2)cc([N+](=O)[O-])c1O. The summed E-state index contributed by atoms with van der Waals surface area (Å²) in [5.74, 6) is 0.0414. The van der Waals surface area contributed by atoms with Gasteiger partial charge in [0.1, 0.15) is 0 Å². The number of nitro groups is 1. The van der Waals surface area contributed by atoms with Crippen LogP contribution in [-0.2, 0) is 0 Å². The maximum atomic E-state index is 11.2. The highest BCUT2D eigenvalue weighted by Crippen LogP contribution is 2.36. The fourth-order valence-corrected chi connectivity index (χ4v) is 2.99. The third-order valence-electron chi connectivity index (χ3n) is 4.57. The number of nitrogens with one attached hydrogen (secondary N) is 3. The van der Waals surface area contributed by atoms with Crippen LogP contribution >= 0.6 is 0 Å². The largest absolute Gasteiger partial charge is 0.500 e. The molecule has 12 heteroatoms. The summed E-state index contributed by atoms with van der Waals surface area (Å²) in [6.07, 6.45) is 1.31. The molecular weight excluding hydrogens is 452 g/mol. The van der Waals surface area contributed by atoms with Crippen molar-refractivity contribution in [1.29, 1.82) is 0 Å². The van der Waals surface area contributed by atoms with Crippen molar-refractivity contribution >= 4 is 41.1 Å². The van der Waals surface area contributed by atoms with Crippen LogP contribution < -0.4 is 20.8 Å². The van der Waals surface area contributed by atoms with Gasteiger partial charge in [0.05, 0.1) is 18.2 Å². The number of anilines is 5. The molecule has 0 saturated heterocycles. The lowest BCUT2D eigenvalue weighted by Crippen LogP contribution is -2.07. The molecule has 0 aliphatic heterocycles. The van der Waals surface area contributed by atoms with Crippen molar-refractivity contribution in [1.82, 2.24) is 15.0 Å². The quantitative estimate of drug-likeness (QED) is 0.156. The number of hydrogen-bond acceptors (Lipinski definition) is 11. The van der Waals surface area contributed by atoms with Crippen LogP contribution in [0.5, 0.6) is 11.5 Å². The monoisotopic (exact) mass is 472 g/mol. The molecule has 0 spiro atoms. The molecule has 4 N–H and O–H groups in total. The second-order valence-electron chi connectivity index (χ2n) is 7.01. The molecule has 3 aromatic carbocycles. The molecule has 176 valence electrons. The number of rotatable bonds is 9. The first-order chi connectivity index (χ1) is 17.0. The number of hydrogen-bond donors (Lipinski definition) is 4. The second-order valence-corrected chi connectivity index (χ2v) is 7.01. The van der Waals surface area contributed by atoms with Crippen molar-refractivity contribution in [2.24, 2.45) is 5.10 Å². The number of aromatic hydroxyl groups is 1. The van der Waals surface area contributed by atoms with E-state index in [2.05, 4.69) is 36.1 Å². The molecule has 4 aromatic rings. The summed E-state index contributed by atoms with van der Waals surface area (Å²) in [4.78, 5) is 23.5. The van der Waals surface area contributed by atoms with Gasteiger partial charge in [0.2, 0.25) is 23.6 Å². The Hall–Kier alpha value is -5.26. The molecule has 0 radical (unpaired) electrons. The summed E-state index contributed by atoms with van der Waals surface area (Å²) in [6, 6.07) is 21.3. The molecular formula is C23H20N8O4. The highest BCUT2D eigenvalue weighted by molar-refractivity contribution is 5.83. The summed E-state index contributed by atoms with van der Waals surface area (Å²) >= 11 is 0. The van der Waals surface area contributed by atoms with E-state index in [-0.39, 0.29) is 23.6 Å². The molecule has 0 bridgehead atoms. The van der Waals surface area contributed by atoms with Crippen LogP contribution in [0.2, 0.25) is 0 Å². The minimum absolute atomic E-state index is 0.0514. The van der Waals surface area contributed by atoms with Crippen LogP contribution in [0.4, 0.5) is 34.9 Å². The van der Waals surface area contributed by atoms with Crippen LogP contribution in [0.25, 0.3) is 0 Å². The Balaban J connectivity index is 1.60. The van der Waals surface area contributed by atoms with Crippen molar-refractivity contribution in [3.63, 3.8) is 0 Å². The van der Waals surface area contributed by atoms with E-state index < -0.39 is 16.4 Å². The molecule has 1 aromatic heterocycles. The molecule has 12 nitrogen and oxygen atoms in total. The summed E-state index contributed by atoms with van der Waals surface area (Å²) in [6.45, 7) is 0. The Bertz CT molecular complexity index is 1290. The van der Waals surface area contributed by atoms with Gasteiger partial charge in [-0.2, -0.15) is 20.1 Å². The number of phenols is 1. The van der Waals surface area contributed by atoms with Gasteiger partial charge in [0, 0.05) is 23.0 Å². The normalized spacial score (nSPS) is 10.7. The molecule has 0 unspecified atom stereocenters. The summed E-state index contributed by atoms with van der Waals surface area (Å²) in [5.41, 5.74) is 4.07. The number of para-hydroxylation sites is 2. The van der Waals surface area contributed by atoms with Crippen molar-refractivity contribution < 1.29 is 14.8 Å². The number of hydrazone groups is 1. The molecule has 1 heterocycles. The Morgan fingerprint density at radius 3 is 1.97 bits per heavy atom. The lowest BCUT2D eigenvalue weighted by Gasteiger charge is -2.10. The number of benzene rings is 3. The lowest BCUT2D eigenvalue weighted by atomic mass is 10.2. The van der Waals surface area contributed by atoms with E-state index in [1.54, 1.807) is 0 Å². The maximum Gasteiger partial charge on any atom is 0.315 e. The summed E-state index contributed by atoms with van der Waals surface area (Å²) in [5, 5.41) is 31.4. The van der Waals surface area contributed by atoms with E-state index in [0.717, 1.165) is 11.4 Å². The Morgan fingerprint density at radius 1 is 0.914 bits per heavy atom. The third kappa shape index (κ3) is 5.96. The lowest BCUT2D eigenvalue weighted by molar-refractivity contribution is -0.386. The highest BCUT2D eigenvalue weighted by Gasteiger charge is 2.19. The van der Waals surface area contributed by atoms with Crippen LogP contribution in [-0.4, -0.2) is 38.3 Å². The van der Waals surface area contributed by atoms with Gasteiger partial charge in [0.25, 0.3) is 0 Å². The van der Waals surface area contributed by atoms with Gasteiger partial charge in [-0.1, -0.05) is 36.4 Å². The number of aromatic nitrogens is 3. The average molecular weight is 472 g/mol. The van der Waals surface area contributed by atoms with Gasteiger partial charge in [0.15, 0.2) is 5.75 Å². The molecule has 0 atom stereocenters. The predicted molar refractivity (Wildman–Crippen MR) is 132 cm³/mol. The zero-order valence-corrected chi connectivity index (χ0v) is 18.4. The smallest absolute Gasteiger partial charge is 0.315 e. The van der Waals surface area contributed by atoms with Crippen molar-refractivity contribution in [3.8, 4) is 11.5 Å². The fourth-order valence-electron chi connectivity index (χ4n) is 2.99. The van der Waals surface area contributed by atoms with E-state index in [4.69, 9.17) is 4.74 Å². The van der Waals surface area contributed by atoms with Crippen molar-refractivity contribution in [3.05, 3.63) is 88.5 Å². The van der Waals surface area contributed by atoms with Crippen LogP contribution in [0, 0.1) is 10.1 Å². The van der Waals surface area contributed by atoms with E-state index in [9.17, 15) is 15.2 Å². The second kappa shape index (κ2) is 10.6. The minimum Gasteiger partial charge on any atom is -0.500 e. The highest BCUT2D eigenvalue weighted by atomic mass is 16.6. The number of nitrogens with zero attached hydrogens (tertiary/aromatic N) is 5. The van der Waals surface area contributed by atoms with E-state index >= 15 is 0 Å². The van der Waals surface area contributed by atoms with Crippen molar-refractivity contribution in [2.75, 3.05) is 23.2 Å². The first-order valence-corrected chi connectivity index (χ1v) is 10.3. The van der Waals surface area contributed by atoms with Crippen LogP contribution in [0.1, 0.15) is 5.56 Å². The van der Waals surface area contributed by atoms with Gasteiger partial charge in [-0.25, -0.2) is 5.43 Å². The van der Waals surface area contributed by atoms with E-state index in [1.807, 2.05) is 60.7 Å². The topological polar surface area (TPSA) is 160 Å². The fraction of sp³-hybridized carbons (Fsp3) is 0.0435. The maximum absolute atomic E-state index is 11.2. The zero-order chi connectivity index (χ0) is 24.6. The minimum atomic E-state index is -0.711. The molecule has 0 aliphatic rings. The van der Waals surface area contributed by atoms with Crippen LogP contribution in [0.3, 0.4) is 0 Å². The number of nitro benzene ring substituents is 1. The summed E-state index contributed by atoms with van der Waals surface area (Å²) in [7, 11) is 1.30. The van der Waals surface area contributed by atoms with Crippen molar-refractivity contribution in [2.45, 2.75) is 0 Å². The molecule has 0 fully saturated rings. The zero-order valence-electron chi connectivity index (χ0n) is 18.4. The van der Waals surface area contributed by atoms with E-state index in [0.29, 0.717) is 5.56 Å². The van der Waals surface area contributed by atoms with Gasteiger partial charge >= 0.3 is 5.69 Å². The number of ether oxygens (including phenoxy) is 1. The summed E-state index contributed by atoms with van der Waals surface area (Å²) < 4.78 is 5.00. The van der Waals surface area contributed by atoms with E-state index in [1.165, 1.54) is 25.5 Å². The number of phenolic OH excluding ortho intramolecular Hbond substituents is 1. The van der Waals surface area contributed by atoms with Crippen LogP contribution in [0.15, 0.2) is 77.9 Å². The molecule has 0 aliphatic carbocycles. The standard InChI is InChI=1S/C23H20N8O4/c1-35-19-13-15(12-18(20(19)32)31(33)34)14-24-30-23-28-21(25-16-8-4-2-5-9-16)27-22(29-23)26-17-10-6-3-7-11-17/h2-14,32H,1H3,(H3,25,26,27,28,29,30)/b24-14-. The Morgan fingerprint density at radius 2 is 1.46 bits per heavy atom. The first kappa shape index (κ1) is 22.9. The molecule has 35 heavy (non-hydrogen) atoms. The Labute approximate surface area is 199 Å². The molecule has 0 amide bonds. The molecule has 4 rings (SSSR count). The molecule has 0 saturated carbocycles. The Kier molecular flexibility index (Phi) is 6.92. The number of methoxy groups -OCH3 is 1. The average Bonchev–Trinajstić information content (AvgIpc) is 2.86.